The number of aromatic nitrogens is 4. The Bertz CT molecular complexity index is 828. The minimum atomic E-state index is -0.929. The highest BCUT2D eigenvalue weighted by Gasteiger charge is 2.12. The number of hydrogen-bond donors (Lipinski definition) is 2. The van der Waals surface area contributed by atoms with Crippen molar-refractivity contribution in [2.24, 2.45) is 12.0 Å². The van der Waals surface area contributed by atoms with Crippen molar-refractivity contribution in [1.82, 2.24) is 20.2 Å². The van der Waals surface area contributed by atoms with E-state index in [1.54, 1.807) is 19.3 Å². The van der Waals surface area contributed by atoms with Crippen molar-refractivity contribution < 1.29 is 10.2 Å². The summed E-state index contributed by atoms with van der Waals surface area (Å²) in [5, 5.41) is 33.2. The van der Waals surface area contributed by atoms with Crippen LogP contribution in [0.2, 0.25) is 0 Å². The number of phenolic OH excluding ortho intramolecular Hbond substituents is 1. The van der Waals surface area contributed by atoms with Gasteiger partial charge >= 0.3 is 0 Å². The molecule has 0 saturated heterocycles. The molecule has 22 heavy (non-hydrogen) atoms. The zero-order valence-electron chi connectivity index (χ0n) is 12.0. The molecule has 0 aliphatic heterocycles. The Morgan fingerprint density at radius 3 is 2.86 bits per heavy atom. The van der Waals surface area contributed by atoms with Crippen LogP contribution in [-0.4, -0.2) is 43.2 Å². The van der Waals surface area contributed by atoms with Crippen molar-refractivity contribution in [3.05, 3.63) is 47.8 Å². The molecule has 0 radical (unpaired) electrons. The molecule has 0 aliphatic carbocycles. The molecular formula is C15H15N5O2. The molecule has 3 rings (SSSR count). The fraction of sp³-hybridized carbons (Fsp3) is 0.200. The molecule has 0 unspecified atom stereocenters. The lowest BCUT2D eigenvalue weighted by Gasteiger charge is -2.05. The third-order valence-electron chi connectivity index (χ3n) is 3.27. The number of hydrogen-bond acceptors (Lipinski definition) is 6. The average Bonchev–Trinajstić information content (AvgIpc) is 2.96. The van der Waals surface area contributed by atoms with Gasteiger partial charge in [-0.3, -0.25) is 4.99 Å². The first kappa shape index (κ1) is 14.2. The van der Waals surface area contributed by atoms with Crippen molar-refractivity contribution in [2.75, 3.05) is 6.54 Å². The number of nitrogens with zero attached hydrogens (tertiary/aromatic N) is 5. The molecule has 0 saturated carbocycles. The molecule has 2 aromatic carbocycles. The van der Waals surface area contributed by atoms with Crippen LogP contribution in [0.15, 0.2) is 41.4 Å². The van der Waals surface area contributed by atoms with Crippen molar-refractivity contribution in [3.8, 4) is 5.75 Å². The van der Waals surface area contributed by atoms with Crippen molar-refractivity contribution in [2.45, 2.75) is 6.10 Å². The Labute approximate surface area is 126 Å². The molecular weight excluding hydrogens is 282 g/mol. The first-order valence-corrected chi connectivity index (χ1v) is 6.77. The zero-order chi connectivity index (χ0) is 15.5. The summed E-state index contributed by atoms with van der Waals surface area (Å²) in [5.41, 5.74) is 0.623. The number of aliphatic imine (C=N–C) groups is 1. The highest BCUT2D eigenvalue weighted by molar-refractivity contribution is 6.02. The number of aryl methyl sites for hydroxylation is 1. The lowest BCUT2D eigenvalue weighted by atomic mass is 10.0. The zero-order valence-corrected chi connectivity index (χ0v) is 12.0. The second-order valence-electron chi connectivity index (χ2n) is 4.87. The van der Waals surface area contributed by atoms with Gasteiger partial charge in [0, 0.05) is 11.8 Å². The van der Waals surface area contributed by atoms with Gasteiger partial charge in [0.1, 0.15) is 11.9 Å². The Morgan fingerprint density at radius 2 is 2.09 bits per heavy atom. The lowest BCUT2D eigenvalue weighted by molar-refractivity contribution is 0.177. The molecule has 7 heteroatoms. The largest absolute Gasteiger partial charge is 0.507 e. The predicted octanol–water partition coefficient (Wildman–Crippen LogP) is 1.22. The number of phenols is 1. The predicted molar refractivity (Wildman–Crippen MR) is 81.8 cm³/mol. The number of aliphatic hydroxyl groups excluding tert-OH is 1. The highest BCUT2D eigenvalue weighted by Crippen LogP contribution is 2.25. The molecule has 3 aromatic rings. The maximum absolute atomic E-state index is 10.0. The average molecular weight is 297 g/mol. The summed E-state index contributed by atoms with van der Waals surface area (Å²) in [5.74, 6) is 0.372. The molecule has 2 N–H and O–H groups in total. The number of fused-ring (bicyclic) bond motifs is 1. The molecule has 1 atom stereocenters. The minimum absolute atomic E-state index is 0.0916. The normalized spacial score (nSPS) is 13.0. The third-order valence-corrected chi connectivity index (χ3v) is 3.27. The quantitative estimate of drug-likeness (QED) is 0.706. The highest BCUT2D eigenvalue weighted by atomic mass is 16.3. The van der Waals surface area contributed by atoms with E-state index in [9.17, 15) is 10.2 Å². The molecule has 0 bridgehead atoms. The maximum Gasteiger partial charge on any atom is 0.205 e. The smallest absolute Gasteiger partial charge is 0.205 e. The third kappa shape index (κ3) is 2.79. The first-order valence-electron chi connectivity index (χ1n) is 6.77. The molecule has 1 heterocycles. The molecule has 0 fully saturated rings. The van der Waals surface area contributed by atoms with Crippen LogP contribution in [0, 0.1) is 0 Å². The van der Waals surface area contributed by atoms with Crippen molar-refractivity contribution >= 4 is 17.0 Å². The van der Waals surface area contributed by atoms with Crippen LogP contribution in [0.5, 0.6) is 5.75 Å². The maximum atomic E-state index is 10.0. The van der Waals surface area contributed by atoms with Gasteiger partial charge < -0.3 is 10.2 Å². The van der Waals surface area contributed by atoms with E-state index in [2.05, 4.69) is 20.4 Å². The molecule has 7 nitrogen and oxygen atoms in total. The SMILES string of the molecule is Cn1nnc([C@H](O)CN=Cc2c(O)ccc3ccccc23)n1. The fourth-order valence-corrected chi connectivity index (χ4v) is 2.18. The van der Waals surface area contributed by atoms with Gasteiger partial charge in [-0.25, -0.2) is 0 Å². The summed E-state index contributed by atoms with van der Waals surface area (Å²) in [7, 11) is 1.63. The first-order chi connectivity index (χ1) is 10.6. The summed E-state index contributed by atoms with van der Waals surface area (Å²) in [6.45, 7) is 0.0916. The van der Waals surface area contributed by atoms with Gasteiger partial charge in [0.05, 0.1) is 13.6 Å². The Morgan fingerprint density at radius 1 is 1.27 bits per heavy atom. The van der Waals surface area contributed by atoms with Crippen LogP contribution >= 0.6 is 0 Å². The van der Waals surface area contributed by atoms with Crippen LogP contribution < -0.4 is 0 Å². The van der Waals surface area contributed by atoms with Gasteiger partial charge in [-0.2, -0.15) is 4.80 Å². The molecule has 1 aromatic heterocycles. The molecule has 112 valence electrons. The summed E-state index contributed by atoms with van der Waals surface area (Å²) in [6, 6.07) is 11.2. The summed E-state index contributed by atoms with van der Waals surface area (Å²) >= 11 is 0. The van der Waals surface area contributed by atoms with Crippen molar-refractivity contribution in [1.29, 1.82) is 0 Å². The second kappa shape index (κ2) is 5.90. The van der Waals surface area contributed by atoms with Crippen LogP contribution in [0.1, 0.15) is 17.5 Å². The van der Waals surface area contributed by atoms with E-state index in [1.807, 2.05) is 30.3 Å². The van der Waals surface area contributed by atoms with E-state index in [4.69, 9.17) is 0 Å². The van der Waals surface area contributed by atoms with Gasteiger partial charge in [0.25, 0.3) is 0 Å². The standard InChI is InChI=1S/C15H15N5O2/c1-20-18-15(17-19-20)14(22)9-16-8-12-11-5-3-2-4-10(11)6-7-13(12)21/h2-8,14,21-22H,9H2,1H3/t14-/m1/s1. The summed E-state index contributed by atoms with van der Waals surface area (Å²) in [4.78, 5) is 5.46. The molecule has 0 amide bonds. The number of aliphatic hydroxyl groups is 1. The number of benzene rings is 2. The van der Waals surface area contributed by atoms with E-state index in [0.29, 0.717) is 5.56 Å². The van der Waals surface area contributed by atoms with E-state index < -0.39 is 6.10 Å². The lowest BCUT2D eigenvalue weighted by Crippen LogP contribution is -2.05. The fourth-order valence-electron chi connectivity index (χ4n) is 2.18. The van der Waals surface area contributed by atoms with E-state index in [0.717, 1.165) is 10.8 Å². The minimum Gasteiger partial charge on any atom is -0.507 e. The molecule has 0 spiro atoms. The number of tetrazole rings is 1. The van der Waals surface area contributed by atoms with Crippen LogP contribution in [-0.2, 0) is 7.05 Å². The van der Waals surface area contributed by atoms with E-state index in [1.165, 1.54) is 4.80 Å². The Hall–Kier alpha value is -2.80. The van der Waals surface area contributed by atoms with Gasteiger partial charge in [0.2, 0.25) is 5.82 Å². The van der Waals surface area contributed by atoms with Crippen LogP contribution in [0.3, 0.4) is 0 Å². The Balaban J connectivity index is 1.82. The summed E-state index contributed by atoms with van der Waals surface area (Å²) < 4.78 is 0. The summed E-state index contributed by atoms with van der Waals surface area (Å²) in [6.07, 6.45) is 0.624. The second-order valence-corrected chi connectivity index (χ2v) is 4.87. The Kier molecular flexibility index (Phi) is 3.80. The van der Waals surface area contributed by atoms with Crippen molar-refractivity contribution in [3.63, 3.8) is 0 Å². The van der Waals surface area contributed by atoms with E-state index in [-0.39, 0.29) is 18.1 Å². The topological polar surface area (TPSA) is 96.4 Å². The van der Waals surface area contributed by atoms with Gasteiger partial charge in [-0.15, -0.1) is 10.2 Å². The van der Waals surface area contributed by atoms with Gasteiger partial charge in [0.15, 0.2) is 0 Å². The molecule has 0 aliphatic rings. The van der Waals surface area contributed by atoms with Gasteiger partial charge in [-0.05, 0) is 22.1 Å². The van der Waals surface area contributed by atoms with Gasteiger partial charge in [-0.1, -0.05) is 30.3 Å². The van der Waals surface area contributed by atoms with Crippen LogP contribution in [0.4, 0.5) is 0 Å². The van der Waals surface area contributed by atoms with Crippen LogP contribution in [0.25, 0.3) is 10.8 Å². The van der Waals surface area contributed by atoms with E-state index >= 15 is 0 Å². The number of rotatable bonds is 4. The monoisotopic (exact) mass is 297 g/mol. The number of aromatic hydroxyl groups is 1.